The molecular formula is C29H37FN2O7S. The maximum atomic E-state index is 13.2. The molecule has 0 radical (unpaired) electrons. The van der Waals surface area contributed by atoms with E-state index in [2.05, 4.69) is 5.32 Å². The standard InChI is InChI=1S/C29H37FN2O7S/c1-37-25-10-12-26(13-11-25)40(35,36)32(14-16-33)15-17-38-28-19-23(22-4-2-3-5-22)18-27(39-28)29(34)31-20-21-6-8-24(30)9-7-21/h6-13,18,22-23,28,33H,2-5,14-17,19-20H2,1H3,(H,31,34)/t23-,28+/m1/s1. The fourth-order valence-corrected chi connectivity index (χ4v) is 6.59. The van der Waals surface area contributed by atoms with Gasteiger partial charge in [0, 0.05) is 26.1 Å². The molecule has 0 saturated heterocycles. The van der Waals surface area contributed by atoms with Gasteiger partial charge in [-0.15, -0.1) is 0 Å². The molecule has 4 rings (SSSR count). The van der Waals surface area contributed by atoms with E-state index in [1.54, 1.807) is 24.3 Å². The summed E-state index contributed by atoms with van der Waals surface area (Å²) in [6.07, 6.45) is 6.15. The van der Waals surface area contributed by atoms with Crippen LogP contribution in [0.5, 0.6) is 5.75 Å². The molecule has 2 atom stereocenters. The number of aliphatic hydroxyl groups is 1. The monoisotopic (exact) mass is 576 g/mol. The number of hydrogen-bond donors (Lipinski definition) is 2. The van der Waals surface area contributed by atoms with Gasteiger partial charge in [0.2, 0.25) is 16.3 Å². The second kappa shape index (κ2) is 14.1. The molecule has 1 saturated carbocycles. The van der Waals surface area contributed by atoms with Crippen LogP contribution < -0.4 is 10.1 Å². The molecule has 9 nitrogen and oxygen atoms in total. The molecular weight excluding hydrogens is 539 g/mol. The van der Waals surface area contributed by atoms with E-state index in [1.807, 2.05) is 6.08 Å². The molecule has 2 aromatic rings. The van der Waals surface area contributed by atoms with Gasteiger partial charge in [-0.3, -0.25) is 4.79 Å². The molecule has 2 N–H and O–H groups in total. The molecule has 0 spiro atoms. The number of nitrogens with zero attached hydrogens (tertiary/aromatic N) is 1. The fourth-order valence-electron chi connectivity index (χ4n) is 5.18. The summed E-state index contributed by atoms with van der Waals surface area (Å²) in [5.41, 5.74) is 0.758. The van der Waals surface area contributed by atoms with E-state index in [1.165, 1.54) is 31.4 Å². The van der Waals surface area contributed by atoms with Gasteiger partial charge in [-0.2, -0.15) is 4.31 Å². The van der Waals surface area contributed by atoms with Crippen molar-refractivity contribution in [3.05, 3.63) is 71.7 Å². The van der Waals surface area contributed by atoms with Crippen molar-refractivity contribution in [1.82, 2.24) is 9.62 Å². The van der Waals surface area contributed by atoms with Gasteiger partial charge in [0.15, 0.2) is 5.76 Å². The summed E-state index contributed by atoms with van der Waals surface area (Å²) < 4.78 is 57.7. The highest BCUT2D eigenvalue weighted by Gasteiger charge is 2.34. The van der Waals surface area contributed by atoms with Gasteiger partial charge >= 0.3 is 0 Å². The quantitative estimate of drug-likeness (QED) is 0.375. The minimum atomic E-state index is -3.88. The summed E-state index contributed by atoms with van der Waals surface area (Å²) >= 11 is 0. The molecule has 1 amide bonds. The van der Waals surface area contributed by atoms with Crippen LogP contribution in [0.2, 0.25) is 0 Å². The van der Waals surface area contributed by atoms with Crippen LogP contribution in [0.3, 0.4) is 0 Å². The lowest BCUT2D eigenvalue weighted by Crippen LogP contribution is -2.38. The number of allylic oxidation sites excluding steroid dienone is 1. The highest BCUT2D eigenvalue weighted by Crippen LogP contribution is 2.38. The Hall–Kier alpha value is -2.99. The first kappa shape index (κ1) is 30.0. The second-order valence-electron chi connectivity index (χ2n) is 10.0. The Morgan fingerprint density at radius 2 is 1.80 bits per heavy atom. The minimum absolute atomic E-state index is 0.00130. The third-order valence-corrected chi connectivity index (χ3v) is 9.29. The zero-order chi connectivity index (χ0) is 28.5. The van der Waals surface area contributed by atoms with E-state index in [-0.39, 0.29) is 61.1 Å². The van der Waals surface area contributed by atoms with Gasteiger partial charge in [-0.1, -0.05) is 25.0 Å². The van der Waals surface area contributed by atoms with Crippen LogP contribution in [0, 0.1) is 17.7 Å². The van der Waals surface area contributed by atoms with Crippen molar-refractivity contribution in [3.8, 4) is 5.75 Å². The number of rotatable bonds is 13. The number of nitrogens with one attached hydrogen (secondary N) is 1. The predicted octanol–water partition coefficient (Wildman–Crippen LogP) is 3.59. The second-order valence-corrected chi connectivity index (χ2v) is 11.9. The number of methoxy groups -OCH3 is 1. The number of halogens is 1. The van der Waals surface area contributed by atoms with Gasteiger partial charge in [0.05, 0.1) is 25.2 Å². The highest BCUT2D eigenvalue weighted by atomic mass is 32.2. The molecule has 1 fully saturated rings. The Labute approximate surface area is 235 Å². The van der Waals surface area contributed by atoms with Gasteiger partial charge in [-0.25, -0.2) is 12.8 Å². The van der Waals surface area contributed by atoms with Crippen molar-refractivity contribution in [1.29, 1.82) is 0 Å². The number of hydrogen-bond acceptors (Lipinski definition) is 7. The molecule has 1 aliphatic carbocycles. The lowest BCUT2D eigenvalue weighted by Gasteiger charge is -2.32. The van der Waals surface area contributed by atoms with Gasteiger partial charge in [0.1, 0.15) is 11.6 Å². The van der Waals surface area contributed by atoms with E-state index in [0.29, 0.717) is 18.1 Å². The third kappa shape index (κ3) is 7.81. The Kier molecular flexibility index (Phi) is 10.5. The molecule has 0 unspecified atom stereocenters. The van der Waals surface area contributed by atoms with E-state index >= 15 is 0 Å². The first-order chi connectivity index (χ1) is 19.3. The topological polar surface area (TPSA) is 114 Å². The van der Waals surface area contributed by atoms with Crippen molar-refractivity contribution in [2.24, 2.45) is 11.8 Å². The fraction of sp³-hybridized carbons (Fsp3) is 0.483. The molecule has 2 aliphatic rings. The summed E-state index contributed by atoms with van der Waals surface area (Å²) in [6.45, 7) is -0.204. The zero-order valence-corrected chi connectivity index (χ0v) is 23.4. The van der Waals surface area contributed by atoms with Crippen molar-refractivity contribution >= 4 is 15.9 Å². The summed E-state index contributed by atoms with van der Waals surface area (Å²) in [5, 5.41) is 12.3. The molecule has 40 heavy (non-hydrogen) atoms. The molecule has 1 aliphatic heterocycles. The third-order valence-electron chi connectivity index (χ3n) is 7.37. The summed E-state index contributed by atoms with van der Waals surface area (Å²) in [6, 6.07) is 11.9. The molecule has 0 bridgehead atoms. The van der Waals surface area contributed by atoms with E-state index in [9.17, 15) is 22.7 Å². The molecule has 11 heteroatoms. The van der Waals surface area contributed by atoms with Gasteiger partial charge < -0.3 is 24.6 Å². The number of carbonyl (C=O) groups is 1. The number of ether oxygens (including phenoxy) is 3. The maximum absolute atomic E-state index is 13.2. The van der Waals surface area contributed by atoms with Crippen LogP contribution in [0.1, 0.15) is 37.7 Å². The molecule has 218 valence electrons. The van der Waals surface area contributed by atoms with Crippen LogP contribution in [-0.2, 0) is 30.8 Å². The van der Waals surface area contributed by atoms with Gasteiger partial charge in [-0.05, 0) is 72.7 Å². The summed E-state index contributed by atoms with van der Waals surface area (Å²) in [7, 11) is -2.38. The largest absolute Gasteiger partial charge is 0.497 e. The smallest absolute Gasteiger partial charge is 0.286 e. The lowest BCUT2D eigenvalue weighted by atomic mass is 9.86. The Morgan fingerprint density at radius 3 is 2.45 bits per heavy atom. The molecule has 2 aromatic carbocycles. The zero-order valence-electron chi connectivity index (χ0n) is 22.6. The van der Waals surface area contributed by atoms with Crippen LogP contribution in [-0.4, -0.2) is 63.4 Å². The van der Waals surface area contributed by atoms with Crippen molar-refractivity contribution < 1.29 is 36.9 Å². The van der Waals surface area contributed by atoms with Crippen molar-refractivity contribution in [2.75, 3.05) is 33.4 Å². The van der Waals surface area contributed by atoms with Crippen LogP contribution in [0.25, 0.3) is 0 Å². The average Bonchev–Trinajstić information content (AvgIpc) is 3.51. The normalized spacial score (nSPS) is 19.8. The summed E-state index contributed by atoms with van der Waals surface area (Å²) in [5.74, 6) is 0.508. The molecule has 1 heterocycles. The SMILES string of the molecule is COc1ccc(S(=O)(=O)N(CCO)CCO[C@@H]2C[C@H](C3CCCC3)C=C(C(=O)NCc3ccc(F)cc3)O2)cc1. The Balaban J connectivity index is 1.39. The maximum Gasteiger partial charge on any atom is 0.286 e. The Bertz CT molecular complexity index is 1250. The number of benzene rings is 2. The lowest BCUT2D eigenvalue weighted by molar-refractivity contribution is -0.151. The van der Waals surface area contributed by atoms with E-state index in [0.717, 1.165) is 35.6 Å². The number of aliphatic hydroxyl groups excluding tert-OH is 1. The van der Waals surface area contributed by atoms with Crippen LogP contribution in [0.4, 0.5) is 4.39 Å². The first-order valence-corrected chi connectivity index (χ1v) is 15.0. The minimum Gasteiger partial charge on any atom is -0.497 e. The van der Waals surface area contributed by atoms with Crippen molar-refractivity contribution in [3.63, 3.8) is 0 Å². The van der Waals surface area contributed by atoms with Gasteiger partial charge in [0.25, 0.3) is 5.91 Å². The number of sulfonamides is 1. The predicted molar refractivity (Wildman–Crippen MR) is 146 cm³/mol. The van der Waals surface area contributed by atoms with E-state index in [4.69, 9.17) is 14.2 Å². The average molecular weight is 577 g/mol. The number of carbonyl (C=O) groups excluding carboxylic acids is 1. The van der Waals surface area contributed by atoms with Crippen LogP contribution >= 0.6 is 0 Å². The highest BCUT2D eigenvalue weighted by molar-refractivity contribution is 7.89. The molecule has 0 aromatic heterocycles. The van der Waals surface area contributed by atoms with Crippen molar-refractivity contribution in [2.45, 2.75) is 49.8 Å². The summed E-state index contributed by atoms with van der Waals surface area (Å²) in [4.78, 5) is 13.1. The van der Waals surface area contributed by atoms with E-state index < -0.39 is 16.3 Å². The Morgan fingerprint density at radius 1 is 1.10 bits per heavy atom. The first-order valence-electron chi connectivity index (χ1n) is 13.6. The van der Waals surface area contributed by atoms with Crippen LogP contribution in [0.15, 0.2) is 65.3 Å². The number of amides is 1.